The van der Waals surface area contributed by atoms with E-state index in [0.29, 0.717) is 5.57 Å². The minimum absolute atomic E-state index is 0.258. The summed E-state index contributed by atoms with van der Waals surface area (Å²) in [6.45, 7) is 1.61. The summed E-state index contributed by atoms with van der Waals surface area (Å²) in [6.07, 6.45) is 0. The maximum atomic E-state index is 10.7. The fourth-order valence-electron chi connectivity index (χ4n) is 0.937. The van der Waals surface area contributed by atoms with Crippen molar-refractivity contribution in [2.45, 2.75) is 6.92 Å². The Morgan fingerprint density at radius 2 is 2.43 bits per heavy atom. The summed E-state index contributed by atoms with van der Waals surface area (Å²) in [6, 6.07) is 1.77. The topological polar surface area (TPSA) is 86.1 Å². The maximum Gasteiger partial charge on any atom is 0.338 e. The van der Waals surface area contributed by atoms with Crippen LogP contribution in [0.2, 0.25) is 0 Å². The highest BCUT2D eigenvalue weighted by Gasteiger charge is 2.10. The second kappa shape index (κ2) is 4.45. The van der Waals surface area contributed by atoms with Crippen LogP contribution in [-0.4, -0.2) is 11.1 Å². The van der Waals surface area contributed by atoms with E-state index in [0.717, 1.165) is 5.56 Å². The van der Waals surface area contributed by atoms with Gasteiger partial charge < -0.3 is 5.11 Å². The molecule has 0 spiro atoms. The Hall–Kier alpha value is -1.78. The smallest absolute Gasteiger partial charge is 0.338 e. The third-order valence-corrected chi connectivity index (χ3v) is 2.34. The number of thiophene rings is 1. The number of rotatable bonds is 3. The van der Waals surface area contributed by atoms with Gasteiger partial charge in [-0.15, -0.1) is 0 Å². The molecule has 14 heavy (non-hydrogen) atoms. The van der Waals surface area contributed by atoms with Crippen molar-refractivity contribution in [3.63, 3.8) is 0 Å². The van der Waals surface area contributed by atoms with Gasteiger partial charge in [-0.2, -0.15) is 11.3 Å². The van der Waals surface area contributed by atoms with Crippen LogP contribution >= 0.6 is 11.3 Å². The Morgan fingerprint density at radius 1 is 1.71 bits per heavy atom. The van der Waals surface area contributed by atoms with Crippen LogP contribution in [0.4, 0.5) is 0 Å². The lowest BCUT2D eigenvalue weighted by atomic mass is 10.1. The minimum atomic E-state index is -1.22. The predicted molar refractivity (Wildman–Crippen MR) is 53.7 cm³/mol. The Labute approximate surface area is 83.9 Å². The molecule has 0 aliphatic heterocycles. The van der Waals surface area contributed by atoms with Gasteiger partial charge in [-0.05, 0) is 40.4 Å². The van der Waals surface area contributed by atoms with Crippen LogP contribution in [0.15, 0.2) is 27.6 Å². The van der Waals surface area contributed by atoms with Gasteiger partial charge in [0, 0.05) is 4.91 Å². The van der Waals surface area contributed by atoms with E-state index in [2.05, 4.69) is 10.0 Å². The first kappa shape index (κ1) is 10.3. The van der Waals surface area contributed by atoms with Crippen LogP contribution in [-0.2, 0) is 4.79 Å². The molecule has 72 valence electrons. The number of hydrogen-bond acceptors (Lipinski definition) is 3. The molecular formula is C8H7N3O2S. The molecule has 1 rings (SSSR count). The lowest BCUT2D eigenvalue weighted by Crippen LogP contribution is -1.99. The third kappa shape index (κ3) is 2.12. The van der Waals surface area contributed by atoms with Crippen LogP contribution in [0.1, 0.15) is 12.5 Å². The van der Waals surface area contributed by atoms with E-state index in [4.69, 9.17) is 10.6 Å². The molecule has 0 atom stereocenters. The molecule has 5 nitrogen and oxygen atoms in total. The van der Waals surface area contributed by atoms with Crippen molar-refractivity contribution in [3.8, 4) is 0 Å². The van der Waals surface area contributed by atoms with E-state index in [1.165, 1.54) is 11.3 Å². The van der Waals surface area contributed by atoms with Crippen LogP contribution in [0.25, 0.3) is 16.0 Å². The van der Waals surface area contributed by atoms with Crippen molar-refractivity contribution in [2.75, 3.05) is 0 Å². The normalized spacial score (nSPS) is 11.5. The zero-order valence-corrected chi connectivity index (χ0v) is 8.15. The molecule has 0 aromatic carbocycles. The molecule has 0 saturated carbocycles. The Kier molecular flexibility index (Phi) is 3.28. The molecule has 6 heteroatoms. The number of carboxylic acids is 1. The number of hydrogen-bond donors (Lipinski definition) is 1. The van der Waals surface area contributed by atoms with E-state index >= 15 is 0 Å². The second-order valence-corrected chi connectivity index (χ2v) is 3.26. The largest absolute Gasteiger partial charge is 0.478 e. The molecule has 1 N–H and O–H groups in total. The van der Waals surface area contributed by atoms with Gasteiger partial charge >= 0.3 is 5.97 Å². The summed E-state index contributed by atoms with van der Waals surface area (Å²) in [5.74, 6) is -1.22. The number of nitrogens with zero attached hydrogens (tertiary/aromatic N) is 3. The van der Waals surface area contributed by atoms with Crippen LogP contribution in [0, 0.1) is 0 Å². The van der Waals surface area contributed by atoms with Gasteiger partial charge in [0.15, 0.2) is 0 Å². The van der Waals surface area contributed by atoms with Crippen LogP contribution < -0.4 is 0 Å². The first-order chi connectivity index (χ1) is 6.66. The average Bonchev–Trinajstić information content (AvgIpc) is 2.65. The van der Waals surface area contributed by atoms with Crippen molar-refractivity contribution in [2.24, 2.45) is 5.11 Å². The van der Waals surface area contributed by atoms with Gasteiger partial charge in [0.1, 0.15) is 5.70 Å². The Bertz CT molecular complexity index is 412. The molecule has 1 aromatic rings. The summed E-state index contributed by atoms with van der Waals surface area (Å²) in [4.78, 5) is 13.2. The highest BCUT2D eigenvalue weighted by Crippen LogP contribution is 2.21. The fraction of sp³-hybridized carbons (Fsp3) is 0.125. The van der Waals surface area contributed by atoms with Crippen molar-refractivity contribution >= 4 is 22.9 Å². The van der Waals surface area contributed by atoms with E-state index < -0.39 is 5.97 Å². The monoisotopic (exact) mass is 209 g/mol. The zero-order valence-electron chi connectivity index (χ0n) is 7.34. The van der Waals surface area contributed by atoms with Crippen molar-refractivity contribution in [1.29, 1.82) is 0 Å². The van der Waals surface area contributed by atoms with Crippen LogP contribution in [0.3, 0.4) is 0 Å². The number of allylic oxidation sites excluding steroid dienone is 1. The van der Waals surface area contributed by atoms with Crippen molar-refractivity contribution in [3.05, 3.63) is 38.5 Å². The summed E-state index contributed by atoms with van der Waals surface area (Å²) >= 11 is 1.45. The van der Waals surface area contributed by atoms with Gasteiger partial charge in [0.05, 0.1) is 0 Å². The lowest BCUT2D eigenvalue weighted by molar-refractivity contribution is -0.132. The Morgan fingerprint density at radius 3 is 2.86 bits per heavy atom. The maximum absolute atomic E-state index is 10.7. The van der Waals surface area contributed by atoms with Gasteiger partial charge in [0.25, 0.3) is 0 Å². The van der Waals surface area contributed by atoms with Gasteiger partial charge in [-0.3, -0.25) is 0 Å². The molecule has 0 unspecified atom stereocenters. The zero-order chi connectivity index (χ0) is 10.6. The standard InChI is InChI=1S/C8H7N3O2S/c1-5(6-2-3-14-4-6)7(8(12)13)10-11-9/h2-4H,1H3,(H,12,13). The fourth-order valence-corrected chi connectivity index (χ4v) is 1.64. The molecular weight excluding hydrogens is 202 g/mol. The molecule has 0 fully saturated rings. The summed E-state index contributed by atoms with van der Waals surface area (Å²) < 4.78 is 0. The summed E-state index contributed by atoms with van der Waals surface area (Å²) in [5, 5.41) is 15.5. The highest BCUT2D eigenvalue weighted by molar-refractivity contribution is 7.08. The number of azide groups is 1. The molecule has 0 radical (unpaired) electrons. The van der Waals surface area contributed by atoms with E-state index in [9.17, 15) is 4.79 Å². The van der Waals surface area contributed by atoms with Crippen molar-refractivity contribution in [1.82, 2.24) is 0 Å². The Balaban J connectivity index is 3.24. The van der Waals surface area contributed by atoms with E-state index in [1.807, 2.05) is 5.38 Å². The molecule has 1 aromatic heterocycles. The van der Waals surface area contributed by atoms with Gasteiger partial charge in [-0.1, -0.05) is 5.11 Å². The SMILES string of the molecule is CC(=C(N=[N+]=[N-])C(=O)O)c1ccsc1. The molecule has 0 amide bonds. The third-order valence-electron chi connectivity index (χ3n) is 1.66. The average molecular weight is 209 g/mol. The predicted octanol–water partition coefficient (Wildman–Crippen LogP) is 2.87. The molecule has 0 aliphatic rings. The summed E-state index contributed by atoms with van der Waals surface area (Å²) in [5.41, 5.74) is 9.17. The van der Waals surface area contributed by atoms with Crippen molar-refractivity contribution < 1.29 is 9.90 Å². The van der Waals surface area contributed by atoms with E-state index in [-0.39, 0.29) is 5.70 Å². The molecule has 0 bridgehead atoms. The number of aliphatic carboxylic acids is 1. The highest BCUT2D eigenvalue weighted by atomic mass is 32.1. The second-order valence-electron chi connectivity index (χ2n) is 2.48. The first-order valence-electron chi connectivity index (χ1n) is 3.68. The molecule has 0 aliphatic carbocycles. The number of carboxylic acid groups (broad SMARTS) is 1. The van der Waals surface area contributed by atoms with E-state index in [1.54, 1.807) is 18.4 Å². The number of carbonyl (C=O) groups is 1. The van der Waals surface area contributed by atoms with Gasteiger partial charge in [-0.25, -0.2) is 4.79 Å². The lowest BCUT2D eigenvalue weighted by Gasteiger charge is -1.99. The molecule has 1 heterocycles. The first-order valence-corrected chi connectivity index (χ1v) is 4.63. The summed E-state index contributed by atoms with van der Waals surface area (Å²) in [7, 11) is 0. The van der Waals surface area contributed by atoms with Crippen LogP contribution in [0.5, 0.6) is 0 Å². The van der Waals surface area contributed by atoms with Gasteiger partial charge in [0.2, 0.25) is 0 Å². The molecule has 0 saturated heterocycles. The minimum Gasteiger partial charge on any atom is -0.478 e. The quantitative estimate of drug-likeness (QED) is 0.359.